The molecular weight excluding hydrogens is 272 g/mol. The number of halogens is 1. The van der Waals surface area contributed by atoms with Crippen LogP contribution < -0.4 is 5.32 Å². The number of rotatable bonds is 4. The minimum Gasteiger partial charge on any atom is -0.392 e. The van der Waals surface area contributed by atoms with E-state index in [-0.39, 0.29) is 11.9 Å². The van der Waals surface area contributed by atoms with Gasteiger partial charge in [-0.2, -0.15) is 0 Å². The summed E-state index contributed by atoms with van der Waals surface area (Å²) in [5, 5.41) is 12.5. The normalized spacial score (nSPS) is 23.3. The number of thiophene rings is 1. The molecule has 100 valence electrons. The van der Waals surface area contributed by atoms with Crippen molar-refractivity contribution in [2.45, 2.75) is 32.0 Å². The molecule has 2 atom stereocenters. The van der Waals surface area contributed by atoms with Gasteiger partial charge in [0.25, 0.3) is 0 Å². The van der Waals surface area contributed by atoms with Crippen molar-refractivity contribution in [1.82, 2.24) is 10.2 Å². The molecule has 6 heteroatoms. The molecule has 4 nitrogen and oxygen atoms in total. The molecule has 0 unspecified atom stereocenters. The van der Waals surface area contributed by atoms with Crippen LogP contribution in [-0.2, 0) is 11.3 Å². The molecule has 1 aliphatic heterocycles. The molecule has 0 bridgehead atoms. The lowest BCUT2D eigenvalue weighted by Crippen LogP contribution is -2.43. The van der Waals surface area contributed by atoms with Gasteiger partial charge < -0.3 is 15.3 Å². The molecule has 0 saturated carbocycles. The van der Waals surface area contributed by atoms with Gasteiger partial charge in [-0.05, 0) is 25.5 Å². The van der Waals surface area contributed by atoms with Crippen molar-refractivity contribution in [3.05, 3.63) is 21.3 Å². The molecule has 1 amide bonds. The monoisotopic (exact) mass is 288 g/mol. The van der Waals surface area contributed by atoms with Gasteiger partial charge in [-0.1, -0.05) is 11.6 Å². The Morgan fingerprint density at radius 3 is 2.94 bits per heavy atom. The maximum atomic E-state index is 12.3. The Labute approximate surface area is 116 Å². The summed E-state index contributed by atoms with van der Waals surface area (Å²) in [5.74, 6) is 0.0542. The van der Waals surface area contributed by atoms with Crippen LogP contribution in [-0.4, -0.2) is 41.1 Å². The lowest BCUT2D eigenvalue weighted by atomic mass is 10.2. The van der Waals surface area contributed by atoms with Crippen LogP contribution in [0.3, 0.4) is 0 Å². The maximum Gasteiger partial charge on any atom is 0.240 e. The average Bonchev–Trinajstić information content (AvgIpc) is 2.94. The quantitative estimate of drug-likeness (QED) is 0.882. The summed E-state index contributed by atoms with van der Waals surface area (Å²) < 4.78 is 0.739. The second-order valence-electron chi connectivity index (χ2n) is 4.41. The molecule has 2 N–H and O–H groups in total. The number of carbonyl (C=O) groups excluding carboxylic acids is 1. The average molecular weight is 289 g/mol. The number of β-amino-alcohol motifs (C(OH)–C–C–N with tert-alkyl or cyclic N) is 1. The maximum absolute atomic E-state index is 12.3. The van der Waals surface area contributed by atoms with Gasteiger partial charge in [0.2, 0.25) is 5.91 Å². The first-order valence-corrected chi connectivity index (χ1v) is 7.24. The van der Waals surface area contributed by atoms with Crippen LogP contribution in [0.4, 0.5) is 0 Å². The van der Waals surface area contributed by atoms with E-state index in [9.17, 15) is 9.90 Å². The van der Waals surface area contributed by atoms with Crippen molar-refractivity contribution in [2.24, 2.45) is 0 Å². The number of aliphatic hydroxyl groups is 1. The molecule has 1 aromatic rings. The van der Waals surface area contributed by atoms with E-state index in [1.807, 2.05) is 19.1 Å². The molecule has 0 aromatic carbocycles. The van der Waals surface area contributed by atoms with Gasteiger partial charge in [0.1, 0.15) is 0 Å². The lowest BCUT2D eigenvalue weighted by Gasteiger charge is -2.23. The topological polar surface area (TPSA) is 52.6 Å². The van der Waals surface area contributed by atoms with E-state index in [0.29, 0.717) is 26.1 Å². The largest absolute Gasteiger partial charge is 0.392 e. The molecule has 1 aliphatic rings. The number of carbonyl (C=O) groups is 1. The molecule has 1 fully saturated rings. The summed E-state index contributed by atoms with van der Waals surface area (Å²) in [6.45, 7) is 3.70. The second-order valence-corrected chi connectivity index (χ2v) is 6.21. The van der Waals surface area contributed by atoms with Gasteiger partial charge in [0.15, 0.2) is 0 Å². The van der Waals surface area contributed by atoms with Crippen LogP contribution in [0.5, 0.6) is 0 Å². The van der Waals surface area contributed by atoms with Gasteiger partial charge in [0.05, 0.1) is 23.0 Å². The molecule has 2 heterocycles. The summed E-state index contributed by atoms with van der Waals surface area (Å²) in [6, 6.07) is 3.53. The first-order valence-electron chi connectivity index (χ1n) is 6.04. The van der Waals surface area contributed by atoms with Crippen molar-refractivity contribution < 1.29 is 9.90 Å². The Kier molecular flexibility index (Phi) is 4.61. The number of nitrogens with one attached hydrogen (secondary N) is 1. The predicted molar refractivity (Wildman–Crippen MR) is 72.8 cm³/mol. The third-order valence-corrected chi connectivity index (χ3v) is 4.29. The summed E-state index contributed by atoms with van der Waals surface area (Å²) >= 11 is 7.38. The van der Waals surface area contributed by atoms with Gasteiger partial charge in [-0.25, -0.2) is 0 Å². The Bertz CT molecular complexity index is 424. The number of amides is 1. The molecule has 0 spiro atoms. The summed E-state index contributed by atoms with van der Waals surface area (Å²) in [5.41, 5.74) is 0. The van der Waals surface area contributed by atoms with E-state index in [2.05, 4.69) is 5.32 Å². The van der Waals surface area contributed by atoms with E-state index < -0.39 is 6.10 Å². The highest BCUT2D eigenvalue weighted by Gasteiger charge is 2.30. The van der Waals surface area contributed by atoms with E-state index in [4.69, 9.17) is 11.6 Å². The first kappa shape index (κ1) is 13.8. The predicted octanol–water partition coefficient (Wildman–Crippen LogP) is 1.47. The number of nitrogens with zero attached hydrogens (tertiary/aromatic N) is 1. The van der Waals surface area contributed by atoms with Crippen LogP contribution in [0, 0.1) is 0 Å². The number of likely N-dealkylation sites (N-methyl/N-ethyl adjacent to an activating group) is 1. The molecule has 1 aromatic heterocycles. The van der Waals surface area contributed by atoms with Gasteiger partial charge >= 0.3 is 0 Å². The Morgan fingerprint density at radius 1 is 1.67 bits per heavy atom. The highest BCUT2D eigenvalue weighted by molar-refractivity contribution is 7.16. The van der Waals surface area contributed by atoms with E-state index in [1.54, 1.807) is 4.90 Å². The molecular formula is C12H17ClN2O2S. The smallest absolute Gasteiger partial charge is 0.240 e. The van der Waals surface area contributed by atoms with Crippen molar-refractivity contribution >= 4 is 28.8 Å². The molecule has 0 radical (unpaired) electrons. The van der Waals surface area contributed by atoms with Gasteiger partial charge in [-0.15, -0.1) is 11.3 Å². The number of hydrogen-bond acceptors (Lipinski definition) is 4. The summed E-state index contributed by atoms with van der Waals surface area (Å²) in [7, 11) is 0. The molecule has 2 rings (SSSR count). The fourth-order valence-electron chi connectivity index (χ4n) is 2.10. The standard InChI is InChI=1S/C12H17ClN2O2S/c1-2-15(7-9-3-4-11(13)18-9)12(17)10-5-8(16)6-14-10/h3-4,8,10,14,16H,2,5-7H2,1H3/t8-,10-/m1/s1. The van der Waals surface area contributed by atoms with Crippen molar-refractivity contribution in [3.63, 3.8) is 0 Å². The zero-order valence-electron chi connectivity index (χ0n) is 10.2. The Balaban J connectivity index is 1.97. The lowest BCUT2D eigenvalue weighted by molar-refractivity contribution is -0.133. The first-order chi connectivity index (χ1) is 8.60. The van der Waals surface area contributed by atoms with Crippen LogP contribution in [0.25, 0.3) is 0 Å². The Morgan fingerprint density at radius 2 is 2.44 bits per heavy atom. The SMILES string of the molecule is CCN(Cc1ccc(Cl)s1)C(=O)[C@H]1C[C@@H](O)CN1. The van der Waals surface area contributed by atoms with Crippen LogP contribution in [0.2, 0.25) is 4.34 Å². The van der Waals surface area contributed by atoms with E-state index in [1.165, 1.54) is 11.3 Å². The fourth-order valence-corrected chi connectivity index (χ4v) is 3.20. The molecule has 1 saturated heterocycles. The molecule has 0 aliphatic carbocycles. The van der Waals surface area contributed by atoms with Crippen molar-refractivity contribution in [1.29, 1.82) is 0 Å². The third-order valence-electron chi connectivity index (χ3n) is 3.07. The summed E-state index contributed by atoms with van der Waals surface area (Å²) in [6.07, 6.45) is 0.0920. The highest BCUT2D eigenvalue weighted by atomic mass is 35.5. The highest BCUT2D eigenvalue weighted by Crippen LogP contribution is 2.23. The third kappa shape index (κ3) is 3.23. The molecule has 18 heavy (non-hydrogen) atoms. The van der Waals surface area contributed by atoms with E-state index in [0.717, 1.165) is 9.21 Å². The van der Waals surface area contributed by atoms with Gasteiger partial charge in [-0.3, -0.25) is 4.79 Å². The summed E-state index contributed by atoms with van der Waals surface area (Å²) in [4.78, 5) is 15.1. The fraction of sp³-hybridized carbons (Fsp3) is 0.583. The minimum atomic E-state index is -0.408. The number of hydrogen-bond donors (Lipinski definition) is 2. The zero-order valence-corrected chi connectivity index (χ0v) is 11.8. The Hall–Kier alpha value is -0.620. The van der Waals surface area contributed by atoms with Crippen molar-refractivity contribution in [3.8, 4) is 0 Å². The van der Waals surface area contributed by atoms with Crippen LogP contribution in [0.1, 0.15) is 18.2 Å². The van der Waals surface area contributed by atoms with E-state index >= 15 is 0 Å². The minimum absolute atomic E-state index is 0.0542. The van der Waals surface area contributed by atoms with Crippen LogP contribution in [0.15, 0.2) is 12.1 Å². The second kappa shape index (κ2) is 6.02. The van der Waals surface area contributed by atoms with Gasteiger partial charge in [0, 0.05) is 18.0 Å². The van der Waals surface area contributed by atoms with Crippen LogP contribution >= 0.6 is 22.9 Å². The zero-order chi connectivity index (χ0) is 13.1. The van der Waals surface area contributed by atoms with Crippen molar-refractivity contribution in [2.75, 3.05) is 13.1 Å². The number of aliphatic hydroxyl groups excluding tert-OH is 1.